The van der Waals surface area contributed by atoms with Crippen LogP contribution in [0.2, 0.25) is 0 Å². The van der Waals surface area contributed by atoms with Gasteiger partial charge in [0, 0.05) is 21.1 Å². The molecule has 0 heterocycles. The number of amides is 1. The molecular formula is C12H15Br2NOS. The second-order valence-corrected chi connectivity index (χ2v) is 6.67. The molecule has 0 aliphatic carbocycles. The predicted molar refractivity (Wildman–Crippen MR) is 81.7 cm³/mol. The standard InChI is InChI=1S/C12H15Br2NOS/c1-8(7-17-2)6-15-12(16)9-3-10(13)5-11(14)4-9/h3-5,8H,6-7H2,1-2H3,(H,15,16). The number of benzene rings is 1. The molecule has 0 fully saturated rings. The Labute approximate surface area is 123 Å². The Bertz CT molecular complexity index is 378. The highest BCUT2D eigenvalue weighted by Crippen LogP contribution is 2.20. The van der Waals surface area contributed by atoms with Crippen molar-refractivity contribution in [2.24, 2.45) is 5.92 Å². The van der Waals surface area contributed by atoms with Gasteiger partial charge >= 0.3 is 0 Å². The molecule has 17 heavy (non-hydrogen) atoms. The lowest BCUT2D eigenvalue weighted by molar-refractivity contribution is 0.0949. The first kappa shape index (κ1) is 15.1. The molecule has 1 rings (SSSR count). The third-order valence-electron chi connectivity index (χ3n) is 2.19. The van der Waals surface area contributed by atoms with E-state index in [0.29, 0.717) is 18.0 Å². The quantitative estimate of drug-likeness (QED) is 0.838. The Morgan fingerprint density at radius 3 is 2.47 bits per heavy atom. The Balaban J connectivity index is 2.58. The number of rotatable bonds is 5. The zero-order chi connectivity index (χ0) is 12.8. The van der Waals surface area contributed by atoms with Crippen molar-refractivity contribution in [3.05, 3.63) is 32.7 Å². The maximum absolute atomic E-state index is 11.9. The molecule has 0 aliphatic heterocycles. The SMILES string of the molecule is CSCC(C)CNC(=O)c1cc(Br)cc(Br)c1. The monoisotopic (exact) mass is 379 g/mol. The predicted octanol–water partition coefficient (Wildman–Crippen LogP) is 3.94. The highest BCUT2D eigenvalue weighted by molar-refractivity contribution is 9.11. The summed E-state index contributed by atoms with van der Waals surface area (Å²) in [5.74, 6) is 1.52. The van der Waals surface area contributed by atoms with E-state index in [9.17, 15) is 4.79 Å². The molecule has 1 aromatic rings. The van der Waals surface area contributed by atoms with Crippen LogP contribution in [-0.2, 0) is 0 Å². The van der Waals surface area contributed by atoms with Crippen LogP contribution >= 0.6 is 43.6 Å². The van der Waals surface area contributed by atoms with Crippen LogP contribution in [0.4, 0.5) is 0 Å². The molecule has 0 aliphatic rings. The van der Waals surface area contributed by atoms with E-state index in [0.717, 1.165) is 14.7 Å². The van der Waals surface area contributed by atoms with E-state index in [1.165, 1.54) is 0 Å². The van der Waals surface area contributed by atoms with Gasteiger partial charge in [0.1, 0.15) is 0 Å². The molecule has 0 aromatic heterocycles. The molecule has 0 spiro atoms. The topological polar surface area (TPSA) is 29.1 Å². The van der Waals surface area contributed by atoms with Gasteiger partial charge in [-0.1, -0.05) is 38.8 Å². The molecule has 1 aromatic carbocycles. The second kappa shape index (κ2) is 7.44. The second-order valence-electron chi connectivity index (χ2n) is 3.93. The van der Waals surface area contributed by atoms with Gasteiger partial charge in [-0.05, 0) is 36.1 Å². The average molecular weight is 381 g/mol. The minimum Gasteiger partial charge on any atom is -0.352 e. The van der Waals surface area contributed by atoms with Crippen LogP contribution in [-0.4, -0.2) is 24.5 Å². The van der Waals surface area contributed by atoms with Gasteiger partial charge in [-0.15, -0.1) is 0 Å². The fraction of sp³-hybridized carbons (Fsp3) is 0.417. The number of nitrogens with one attached hydrogen (secondary N) is 1. The lowest BCUT2D eigenvalue weighted by Gasteiger charge is -2.11. The average Bonchev–Trinajstić information content (AvgIpc) is 2.25. The van der Waals surface area contributed by atoms with Gasteiger partial charge in [-0.3, -0.25) is 4.79 Å². The zero-order valence-corrected chi connectivity index (χ0v) is 13.8. The molecule has 1 unspecified atom stereocenters. The largest absolute Gasteiger partial charge is 0.352 e. The summed E-state index contributed by atoms with van der Waals surface area (Å²) in [5, 5.41) is 2.94. The molecule has 0 bridgehead atoms. The molecule has 0 saturated heterocycles. The van der Waals surface area contributed by atoms with E-state index in [1.807, 2.05) is 18.2 Å². The maximum Gasteiger partial charge on any atom is 0.251 e. The summed E-state index contributed by atoms with van der Waals surface area (Å²) in [6.07, 6.45) is 2.07. The summed E-state index contributed by atoms with van der Waals surface area (Å²) in [5.41, 5.74) is 0.669. The van der Waals surface area contributed by atoms with Crippen molar-refractivity contribution in [3.8, 4) is 0 Å². The summed E-state index contributed by atoms with van der Waals surface area (Å²) in [7, 11) is 0. The molecule has 2 nitrogen and oxygen atoms in total. The number of carbonyl (C=O) groups is 1. The van der Waals surface area contributed by atoms with Crippen LogP contribution < -0.4 is 5.32 Å². The van der Waals surface area contributed by atoms with Crippen LogP contribution in [0.1, 0.15) is 17.3 Å². The molecule has 1 amide bonds. The summed E-state index contributed by atoms with van der Waals surface area (Å²) >= 11 is 8.54. The molecule has 1 N–H and O–H groups in total. The van der Waals surface area contributed by atoms with E-state index >= 15 is 0 Å². The van der Waals surface area contributed by atoms with Gasteiger partial charge in [0.25, 0.3) is 5.91 Å². The van der Waals surface area contributed by atoms with E-state index in [4.69, 9.17) is 0 Å². The summed E-state index contributed by atoms with van der Waals surface area (Å²) in [6, 6.07) is 5.55. The van der Waals surface area contributed by atoms with Gasteiger partial charge in [0.15, 0.2) is 0 Å². The van der Waals surface area contributed by atoms with Crippen molar-refractivity contribution < 1.29 is 4.79 Å². The Hall–Kier alpha value is -0.000000000000000111. The maximum atomic E-state index is 11.9. The van der Waals surface area contributed by atoms with Crippen molar-refractivity contribution in [2.75, 3.05) is 18.6 Å². The van der Waals surface area contributed by atoms with Crippen molar-refractivity contribution >= 4 is 49.5 Å². The van der Waals surface area contributed by atoms with Gasteiger partial charge in [-0.2, -0.15) is 11.8 Å². The fourth-order valence-electron chi connectivity index (χ4n) is 1.40. The number of halogens is 2. The molecule has 0 radical (unpaired) electrons. The smallest absolute Gasteiger partial charge is 0.251 e. The van der Waals surface area contributed by atoms with Crippen LogP contribution in [0.3, 0.4) is 0 Å². The number of hydrogen-bond donors (Lipinski definition) is 1. The van der Waals surface area contributed by atoms with Crippen LogP contribution in [0.5, 0.6) is 0 Å². The minimum atomic E-state index is -0.0278. The van der Waals surface area contributed by atoms with Crippen molar-refractivity contribution in [3.63, 3.8) is 0 Å². The van der Waals surface area contributed by atoms with Crippen LogP contribution in [0, 0.1) is 5.92 Å². The number of hydrogen-bond acceptors (Lipinski definition) is 2. The van der Waals surface area contributed by atoms with Crippen LogP contribution in [0.25, 0.3) is 0 Å². The van der Waals surface area contributed by atoms with Gasteiger partial charge < -0.3 is 5.32 Å². The first-order valence-electron chi connectivity index (χ1n) is 5.26. The van der Waals surface area contributed by atoms with Gasteiger partial charge in [0.05, 0.1) is 0 Å². The van der Waals surface area contributed by atoms with Crippen molar-refractivity contribution in [2.45, 2.75) is 6.92 Å². The van der Waals surface area contributed by atoms with E-state index in [1.54, 1.807) is 11.8 Å². The van der Waals surface area contributed by atoms with Gasteiger partial charge in [-0.25, -0.2) is 0 Å². The Morgan fingerprint density at radius 2 is 1.94 bits per heavy atom. The summed E-state index contributed by atoms with van der Waals surface area (Å²) in [4.78, 5) is 11.9. The lowest BCUT2D eigenvalue weighted by atomic mass is 10.2. The minimum absolute atomic E-state index is 0.0278. The summed E-state index contributed by atoms with van der Waals surface area (Å²) in [6.45, 7) is 2.84. The Morgan fingerprint density at radius 1 is 1.35 bits per heavy atom. The normalized spacial score (nSPS) is 12.2. The number of thioether (sulfide) groups is 1. The first-order valence-corrected chi connectivity index (χ1v) is 8.24. The Kier molecular flexibility index (Phi) is 6.59. The highest BCUT2D eigenvalue weighted by atomic mass is 79.9. The van der Waals surface area contributed by atoms with Crippen LogP contribution in [0.15, 0.2) is 27.1 Å². The summed E-state index contributed by atoms with van der Waals surface area (Å²) < 4.78 is 1.79. The zero-order valence-electron chi connectivity index (χ0n) is 9.80. The molecule has 5 heteroatoms. The lowest BCUT2D eigenvalue weighted by Crippen LogP contribution is -2.29. The first-order chi connectivity index (χ1) is 8.02. The molecule has 0 saturated carbocycles. The van der Waals surface area contributed by atoms with Crippen molar-refractivity contribution in [1.29, 1.82) is 0 Å². The molecule has 1 atom stereocenters. The third kappa shape index (κ3) is 5.44. The van der Waals surface area contributed by atoms with Gasteiger partial charge in [0.2, 0.25) is 0 Å². The highest BCUT2D eigenvalue weighted by Gasteiger charge is 2.09. The van der Waals surface area contributed by atoms with E-state index in [2.05, 4.69) is 50.4 Å². The van der Waals surface area contributed by atoms with Crippen molar-refractivity contribution in [1.82, 2.24) is 5.32 Å². The number of carbonyl (C=O) groups excluding carboxylic acids is 1. The fourth-order valence-corrected chi connectivity index (χ4v) is 3.38. The van der Waals surface area contributed by atoms with E-state index < -0.39 is 0 Å². The molecule has 94 valence electrons. The molecular weight excluding hydrogens is 366 g/mol. The van der Waals surface area contributed by atoms with E-state index in [-0.39, 0.29) is 5.91 Å². The third-order valence-corrected chi connectivity index (χ3v) is 4.01.